The summed E-state index contributed by atoms with van der Waals surface area (Å²) in [6.45, 7) is 1.37. The third-order valence-corrected chi connectivity index (χ3v) is 3.12. The van der Waals surface area contributed by atoms with Crippen molar-refractivity contribution in [3.63, 3.8) is 0 Å². The molecule has 4 nitrogen and oxygen atoms in total. The number of methoxy groups -OCH3 is 1. The predicted octanol–water partition coefficient (Wildman–Crippen LogP) is 2.40. The van der Waals surface area contributed by atoms with E-state index < -0.39 is 0 Å². The van der Waals surface area contributed by atoms with Crippen LogP contribution in [0.2, 0.25) is 0 Å². The van der Waals surface area contributed by atoms with Gasteiger partial charge < -0.3 is 15.8 Å². The highest BCUT2D eigenvalue weighted by atomic mass is 16.5. The number of rotatable bonds is 7. The smallest absolute Gasteiger partial charge is 0.0933 e. The van der Waals surface area contributed by atoms with E-state index in [2.05, 4.69) is 28.5 Å². The molecule has 1 heterocycles. The van der Waals surface area contributed by atoms with Crippen LogP contribution < -0.4 is 11.1 Å². The van der Waals surface area contributed by atoms with Gasteiger partial charge in [0.25, 0.3) is 0 Å². The molecule has 0 fully saturated rings. The summed E-state index contributed by atoms with van der Waals surface area (Å²) >= 11 is 0. The van der Waals surface area contributed by atoms with Crippen LogP contribution in [0.3, 0.4) is 0 Å². The Kier molecular flexibility index (Phi) is 5.12. The van der Waals surface area contributed by atoms with Crippen molar-refractivity contribution in [2.24, 2.45) is 5.73 Å². The van der Waals surface area contributed by atoms with Crippen LogP contribution in [0.4, 0.5) is 5.69 Å². The molecular formula is C15H21N3O. The van der Waals surface area contributed by atoms with Gasteiger partial charge in [-0.1, -0.05) is 18.2 Å². The zero-order valence-corrected chi connectivity index (χ0v) is 11.3. The Morgan fingerprint density at radius 3 is 2.95 bits per heavy atom. The van der Waals surface area contributed by atoms with Crippen LogP contribution in [0, 0.1) is 0 Å². The molecule has 0 aliphatic carbocycles. The van der Waals surface area contributed by atoms with Crippen LogP contribution in [-0.2, 0) is 4.74 Å². The Bertz CT molecular complexity index is 510. The van der Waals surface area contributed by atoms with Gasteiger partial charge in [-0.15, -0.1) is 0 Å². The third kappa shape index (κ3) is 3.66. The van der Waals surface area contributed by atoms with E-state index in [0.29, 0.717) is 13.2 Å². The van der Waals surface area contributed by atoms with Crippen molar-refractivity contribution in [3.8, 4) is 0 Å². The molecule has 0 amide bonds. The Hall–Kier alpha value is -1.65. The first kappa shape index (κ1) is 13.8. The van der Waals surface area contributed by atoms with Crippen LogP contribution in [0.5, 0.6) is 0 Å². The number of nitrogens with one attached hydrogen (secondary N) is 1. The fourth-order valence-corrected chi connectivity index (χ4v) is 2.20. The Morgan fingerprint density at radius 1 is 1.32 bits per heavy atom. The number of nitrogens with zero attached hydrogens (tertiary/aromatic N) is 1. The number of para-hydroxylation sites is 1. The first-order valence-electron chi connectivity index (χ1n) is 6.64. The van der Waals surface area contributed by atoms with Gasteiger partial charge in [-0.05, 0) is 31.5 Å². The number of benzene rings is 1. The SMILES string of the molecule is COCC(CCCN)Nc1cccc2cccnc12. The number of hydrogen-bond donors (Lipinski definition) is 2. The van der Waals surface area contributed by atoms with Crippen molar-refractivity contribution < 1.29 is 4.74 Å². The number of fused-ring (bicyclic) bond motifs is 1. The van der Waals surface area contributed by atoms with Crippen molar-refractivity contribution >= 4 is 16.6 Å². The van der Waals surface area contributed by atoms with E-state index in [4.69, 9.17) is 10.5 Å². The third-order valence-electron chi connectivity index (χ3n) is 3.12. The summed E-state index contributed by atoms with van der Waals surface area (Å²) in [5, 5.41) is 4.66. The zero-order chi connectivity index (χ0) is 13.5. The second-order valence-electron chi connectivity index (χ2n) is 4.61. The molecule has 0 spiro atoms. The minimum Gasteiger partial charge on any atom is -0.383 e. The molecule has 2 aromatic rings. The Balaban J connectivity index is 2.18. The van der Waals surface area contributed by atoms with E-state index in [0.717, 1.165) is 29.4 Å². The van der Waals surface area contributed by atoms with E-state index in [-0.39, 0.29) is 6.04 Å². The van der Waals surface area contributed by atoms with Crippen molar-refractivity contribution in [1.82, 2.24) is 4.98 Å². The zero-order valence-electron chi connectivity index (χ0n) is 11.3. The summed E-state index contributed by atoms with van der Waals surface area (Å²) in [4.78, 5) is 4.45. The van der Waals surface area contributed by atoms with Crippen molar-refractivity contribution in [1.29, 1.82) is 0 Å². The highest BCUT2D eigenvalue weighted by Gasteiger charge is 2.10. The standard InChI is InChI=1S/C15H21N3O/c1-19-11-13(7-3-9-16)18-14-8-2-5-12-6-4-10-17-15(12)14/h2,4-6,8,10,13,18H,3,7,9,11,16H2,1H3. The Labute approximate surface area is 114 Å². The highest BCUT2D eigenvalue weighted by Crippen LogP contribution is 2.22. The monoisotopic (exact) mass is 259 g/mol. The molecule has 102 valence electrons. The van der Waals surface area contributed by atoms with Gasteiger partial charge in [0.2, 0.25) is 0 Å². The van der Waals surface area contributed by atoms with Crippen LogP contribution in [-0.4, -0.2) is 31.3 Å². The molecule has 0 saturated heterocycles. The molecule has 19 heavy (non-hydrogen) atoms. The minimum absolute atomic E-state index is 0.265. The van der Waals surface area contributed by atoms with E-state index in [1.807, 2.05) is 18.3 Å². The molecule has 0 aliphatic heterocycles. The molecule has 0 bridgehead atoms. The largest absolute Gasteiger partial charge is 0.383 e. The molecule has 1 aromatic carbocycles. The molecule has 1 aromatic heterocycles. The summed E-state index contributed by atoms with van der Waals surface area (Å²) in [6.07, 6.45) is 3.80. The number of aromatic nitrogens is 1. The van der Waals surface area contributed by atoms with Gasteiger partial charge >= 0.3 is 0 Å². The number of ether oxygens (including phenoxy) is 1. The lowest BCUT2D eigenvalue weighted by molar-refractivity contribution is 0.182. The average Bonchev–Trinajstić information content (AvgIpc) is 2.45. The summed E-state index contributed by atoms with van der Waals surface area (Å²) in [6, 6.07) is 10.4. The number of nitrogens with two attached hydrogens (primary N) is 1. The normalized spacial score (nSPS) is 12.5. The molecule has 4 heteroatoms. The first-order chi connectivity index (χ1) is 9.35. The van der Waals surface area contributed by atoms with Gasteiger partial charge in [-0.25, -0.2) is 0 Å². The van der Waals surface area contributed by atoms with Gasteiger partial charge in [0.15, 0.2) is 0 Å². The summed E-state index contributed by atoms with van der Waals surface area (Å²) in [7, 11) is 1.72. The molecule has 1 atom stereocenters. The van der Waals surface area contributed by atoms with E-state index in [9.17, 15) is 0 Å². The lowest BCUT2D eigenvalue weighted by atomic mass is 10.1. The maximum absolute atomic E-state index is 5.58. The molecule has 0 radical (unpaired) electrons. The molecule has 1 unspecified atom stereocenters. The minimum atomic E-state index is 0.265. The average molecular weight is 259 g/mol. The van der Waals surface area contributed by atoms with Crippen molar-refractivity contribution in [2.75, 3.05) is 25.6 Å². The fourth-order valence-electron chi connectivity index (χ4n) is 2.20. The number of pyridine rings is 1. The van der Waals surface area contributed by atoms with E-state index in [1.165, 1.54) is 0 Å². The van der Waals surface area contributed by atoms with E-state index in [1.54, 1.807) is 7.11 Å². The topological polar surface area (TPSA) is 60.2 Å². The van der Waals surface area contributed by atoms with Crippen molar-refractivity contribution in [3.05, 3.63) is 36.5 Å². The van der Waals surface area contributed by atoms with Gasteiger partial charge in [0.05, 0.1) is 17.8 Å². The quantitative estimate of drug-likeness (QED) is 0.801. The van der Waals surface area contributed by atoms with Crippen LogP contribution >= 0.6 is 0 Å². The molecule has 3 N–H and O–H groups in total. The summed E-state index contributed by atoms with van der Waals surface area (Å²) < 4.78 is 5.26. The molecular weight excluding hydrogens is 238 g/mol. The van der Waals surface area contributed by atoms with Crippen LogP contribution in [0.25, 0.3) is 10.9 Å². The maximum Gasteiger partial charge on any atom is 0.0933 e. The highest BCUT2D eigenvalue weighted by molar-refractivity contribution is 5.90. The molecule has 2 rings (SSSR count). The van der Waals surface area contributed by atoms with Gasteiger partial charge in [0, 0.05) is 24.7 Å². The van der Waals surface area contributed by atoms with Crippen molar-refractivity contribution in [2.45, 2.75) is 18.9 Å². The Morgan fingerprint density at radius 2 is 2.16 bits per heavy atom. The van der Waals surface area contributed by atoms with Crippen LogP contribution in [0.15, 0.2) is 36.5 Å². The first-order valence-corrected chi connectivity index (χ1v) is 6.64. The lowest BCUT2D eigenvalue weighted by Gasteiger charge is -2.19. The summed E-state index contributed by atoms with van der Waals surface area (Å²) in [5.74, 6) is 0. The number of anilines is 1. The predicted molar refractivity (Wildman–Crippen MR) is 79.3 cm³/mol. The summed E-state index contributed by atoms with van der Waals surface area (Å²) in [5.41, 5.74) is 7.63. The maximum atomic E-state index is 5.58. The van der Waals surface area contributed by atoms with Crippen LogP contribution in [0.1, 0.15) is 12.8 Å². The van der Waals surface area contributed by atoms with Gasteiger partial charge in [0.1, 0.15) is 0 Å². The molecule has 0 aliphatic rings. The van der Waals surface area contributed by atoms with E-state index >= 15 is 0 Å². The second kappa shape index (κ2) is 7.07. The number of hydrogen-bond acceptors (Lipinski definition) is 4. The lowest BCUT2D eigenvalue weighted by Crippen LogP contribution is -2.26. The van der Waals surface area contributed by atoms with Gasteiger partial charge in [-0.2, -0.15) is 0 Å². The molecule has 0 saturated carbocycles. The second-order valence-corrected chi connectivity index (χ2v) is 4.61. The fraction of sp³-hybridized carbons (Fsp3) is 0.400. The van der Waals surface area contributed by atoms with Gasteiger partial charge in [-0.3, -0.25) is 4.98 Å².